The number of hydrogen-bond acceptors (Lipinski definition) is 7. The summed E-state index contributed by atoms with van der Waals surface area (Å²) in [5.74, 6) is 0.244. The summed E-state index contributed by atoms with van der Waals surface area (Å²) >= 11 is 0. The second-order valence-electron chi connectivity index (χ2n) is 10.3. The number of primary amides is 1. The molecule has 9 nitrogen and oxygen atoms in total. The Morgan fingerprint density at radius 1 is 0.947 bits per heavy atom. The number of ether oxygens (including phenoxy) is 4. The Morgan fingerprint density at radius 2 is 1.58 bits per heavy atom. The first-order chi connectivity index (χ1) is 17.9. The average Bonchev–Trinajstić information content (AvgIpc) is 2.85. The lowest BCUT2D eigenvalue weighted by Gasteiger charge is -2.35. The molecule has 1 atom stereocenters. The first-order valence-corrected chi connectivity index (χ1v) is 12.6. The lowest BCUT2D eigenvalue weighted by atomic mass is 9.99. The van der Waals surface area contributed by atoms with Crippen molar-refractivity contribution < 1.29 is 33.3 Å². The molecule has 0 spiro atoms. The second-order valence-corrected chi connectivity index (χ2v) is 10.3. The Balaban J connectivity index is 2.43. The van der Waals surface area contributed by atoms with Gasteiger partial charge in [-0.1, -0.05) is 13.8 Å². The molecule has 0 aliphatic rings. The molecule has 2 rings (SSSR count). The molecule has 0 saturated carbocycles. The minimum absolute atomic E-state index is 0.0953. The maximum atomic E-state index is 13.8. The number of carbonyl (C=O) groups is 3. The molecule has 0 unspecified atom stereocenters. The third-order valence-electron chi connectivity index (χ3n) is 5.65. The van der Waals surface area contributed by atoms with E-state index in [-0.39, 0.29) is 30.7 Å². The van der Waals surface area contributed by atoms with Crippen molar-refractivity contribution >= 4 is 17.8 Å². The standard InChI is InChI=1S/C29H40N2O7/c1-19(2)26(28(34)38-29(3,4)5)31(27(33)20-10-13-22(35-6)14-11-20)18-21-12-15-23(17-24(21)36-7)37-16-8-9-25(30)32/h10-15,17,19,26H,8-9,16,18H2,1-7H3,(H2,30,32)/t26-/m0/s1. The van der Waals surface area contributed by atoms with Gasteiger partial charge < -0.3 is 29.6 Å². The fraction of sp³-hybridized carbons (Fsp3) is 0.483. The van der Waals surface area contributed by atoms with E-state index < -0.39 is 17.6 Å². The number of carbonyl (C=O) groups excluding carboxylic acids is 3. The van der Waals surface area contributed by atoms with Gasteiger partial charge in [0.05, 0.1) is 27.4 Å². The molecule has 0 saturated heterocycles. The number of amides is 2. The van der Waals surface area contributed by atoms with Crippen molar-refractivity contribution in [1.29, 1.82) is 0 Å². The minimum atomic E-state index is -0.849. The van der Waals surface area contributed by atoms with Gasteiger partial charge in [0.2, 0.25) is 5.91 Å². The number of rotatable bonds is 13. The SMILES string of the molecule is COc1ccc(C(=O)N(Cc2ccc(OCCCC(N)=O)cc2OC)[C@H](C(=O)OC(C)(C)C)C(C)C)cc1. The van der Waals surface area contributed by atoms with Gasteiger partial charge in [0.15, 0.2) is 0 Å². The van der Waals surface area contributed by atoms with E-state index in [9.17, 15) is 14.4 Å². The normalized spacial score (nSPS) is 12.0. The van der Waals surface area contributed by atoms with Crippen LogP contribution in [0.15, 0.2) is 42.5 Å². The van der Waals surface area contributed by atoms with Crippen molar-refractivity contribution in [2.45, 2.75) is 65.6 Å². The van der Waals surface area contributed by atoms with Crippen LogP contribution in [0.3, 0.4) is 0 Å². The monoisotopic (exact) mass is 528 g/mol. The Morgan fingerprint density at radius 3 is 2.11 bits per heavy atom. The predicted molar refractivity (Wildman–Crippen MR) is 144 cm³/mol. The van der Waals surface area contributed by atoms with E-state index in [1.807, 2.05) is 13.8 Å². The number of hydrogen-bond donors (Lipinski definition) is 1. The van der Waals surface area contributed by atoms with Crippen LogP contribution in [0.1, 0.15) is 63.4 Å². The molecule has 0 bridgehead atoms. The third kappa shape index (κ3) is 8.97. The number of esters is 1. The largest absolute Gasteiger partial charge is 0.497 e. The lowest BCUT2D eigenvalue weighted by molar-refractivity contribution is -0.162. The maximum Gasteiger partial charge on any atom is 0.329 e. The molecule has 2 aromatic carbocycles. The van der Waals surface area contributed by atoms with E-state index in [1.165, 1.54) is 12.0 Å². The summed E-state index contributed by atoms with van der Waals surface area (Å²) in [4.78, 5) is 39.7. The van der Waals surface area contributed by atoms with Crippen molar-refractivity contribution in [3.63, 3.8) is 0 Å². The molecule has 38 heavy (non-hydrogen) atoms. The van der Waals surface area contributed by atoms with E-state index in [1.54, 1.807) is 70.3 Å². The van der Waals surface area contributed by atoms with Gasteiger partial charge >= 0.3 is 5.97 Å². The maximum absolute atomic E-state index is 13.8. The van der Waals surface area contributed by atoms with Crippen LogP contribution in [-0.2, 0) is 20.9 Å². The Bertz CT molecular complexity index is 1090. The highest BCUT2D eigenvalue weighted by Gasteiger charge is 2.36. The summed E-state index contributed by atoms with van der Waals surface area (Å²) in [7, 11) is 3.08. The molecule has 0 fully saturated rings. The topological polar surface area (TPSA) is 117 Å². The molecule has 208 valence electrons. The molecule has 0 aliphatic carbocycles. The van der Waals surface area contributed by atoms with Crippen molar-refractivity contribution in [3.05, 3.63) is 53.6 Å². The quantitative estimate of drug-likeness (QED) is 0.303. The highest BCUT2D eigenvalue weighted by Crippen LogP contribution is 2.29. The van der Waals surface area contributed by atoms with Crippen LogP contribution < -0.4 is 19.9 Å². The summed E-state index contributed by atoms with van der Waals surface area (Å²) in [6.07, 6.45) is 0.731. The fourth-order valence-electron chi connectivity index (χ4n) is 3.88. The molecule has 9 heteroatoms. The smallest absolute Gasteiger partial charge is 0.329 e. The van der Waals surface area contributed by atoms with Crippen molar-refractivity contribution in [3.8, 4) is 17.2 Å². The average molecular weight is 529 g/mol. The fourth-order valence-corrected chi connectivity index (χ4v) is 3.88. The number of methoxy groups -OCH3 is 2. The van der Waals surface area contributed by atoms with Gasteiger partial charge in [-0.3, -0.25) is 9.59 Å². The summed E-state index contributed by atoms with van der Waals surface area (Å²) in [5.41, 5.74) is 5.56. The molecule has 0 radical (unpaired) electrons. The molecular weight excluding hydrogens is 488 g/mol. The third-order valence-corrected chi connectivity index (χ3v) is 5.65. The van der Waals surface area contributed by atoms with Crippen molar-refractivity contribution in [2.24, 2.45) is 11.7 Å². The van der Waals surface area contributed by atoms with Gasteiger partial charge in [0.25, 0.3) is 5.91 Å². The molecule has 2 N–H and O–H groups in total. The van der Waals surface area contributed by atoms with Crippen LogP contribution in [0.4, 0.5) is 0 Å². The van der Waals surface area contributed by atoms with Crippen LogP contribution >= 0.6 is 0 Å². The van der Waals surface area contributed by atoms with Gasteiger partial charge in [-0.05, 0) is 69.5 Å². The van der Waals surface area contributed by atoms with Gasteiger partial charge in [0, 0.05) is 23.6 Å². The Kier molecular flexibility index (Phi) is 11.0. The molecule has 2 amide bonds. The highest BCUT2D eigenvalue weighted by molar-refractivity contribution is 5.97. The van der Waals surface area contributed by atoms with Crippen molar-refractivity contribution in [2.75, 3.05) is 20.8 Å². The number of benzene rings is 2. The van der Waals surface area contributed by atoms with Crippen LogP contribution in [0.2, 0.25) is 0 Å². The Labute approximate surface area is 225 Å². The van der Waals surface area contributed by atoms with Crippen LogP contribution in [-0.4, -0.2) is 55.2 Å². The van der Waals surface area contributed by atoms with Gasteiger partial charge in [-0.25, -0.2) is 4.79 Å². The molecule has 0 heterocycles. The Hall–Kier alpha value is -3.75. The summed E-state index contributed by atoms with van der Waals surface area (Å²) in [5, 5.41) is 0. The summed E-state index contributed by atoms with van der Waals surface area (Å²) in [6.45, 7) is 9.56. The van der Waals surface area contributed by atoms with E-state index in [2.05, 4.69) is 0 Å². The number of nitrogens with zero attached hydrogens (tertiary/aromatic N) is 1. The zero-order valence-corrected chi connectivity index (χ0v) is 23.4. The predicted octanol–water partition coefficient (Wildman–Crippen LogP) is 4.36. The van der Waals surface area contributed by atoms with Crippen LogP contribution in [0.25, 0.3) is 0 Å². The second kappa shape index (κ2) is 13.7. The summed E-state index contributed by atoms with van der Waals surface area (Å²) in [6, 6.07) is 11.2. The zero-order valence-electron chi connectivity index (χ0n) is 23.4. The van der Waals surface area contributed by atoms with E-state index in [4.69, 9.17) is 24.7 Å². The van der Waals surface area contributed by atoms with Crippen LogP contribution in [0, 0.1) is 5.92 Å². The van der Waals surface area contributed by atoms with Gasteiger partial charge in [-0.2, -0.15) is 0 Å². The lowest BCUT2D eigenvalue weighted by Crippen LogP contribution is -2.49. The van der Waals surface area contributed by atoms with E-state index in [0.29, 0.717) is 41.4 Å². The minimum Gasteiger partial charge on any atom is -0.497 e. The highest BCUT2D eigenvalue weighted by atomic mass is 16.6. The zero-order chi connectivity index (χ0) is 28.5. The van der Waals surface area contributed by atoms with Gasteiger partial charge in [0.1, 0.15) is 28.9 Å². The first kappa shape index (κ1) is 30.5. The summed E-state index contributed by atoms with van der Waals surface area (Å²) < 4.78 is 22.3. The number of nitrogens with two attached hydrogens (primary N) is 1. The van der Waals surface area contributed by atoms with Gasteiger partial charge in [-0.15, -0.1) is 0 Å². The van der Waals surface area contributed by atoms with Crippen molar-refractivity contribution in [1.82, 2.24) is 4.90 Å². The molecule has 2 aromatic rings. The first-order valence-electron chi connectivity index (χ1n) is 12.6. The molecular formula is C29H40N2O7. The molecule has 0 aromatic heterocycles. The van der Waals surface area contributed by atoms with E-state index in [0.717, 1.165) is 0 Å². The van der Waals surface area contributed by atoms with Crippen LogP contribution in [0.5, 0.6) is 17.2 Å². The van der Waals surface area contributed by atoms with E-state index >= 15 is 0 Å². The molecule has 0 aliphatic heterocycles.